The van der Waals surface area contributed by atoms with Gasteiger partial charge in [0.05, 0.1) is 30.4 Å². The molecule has 204 valence electrons. The number of carbonyl (C=O) groups excluding carboxylic acids is 1. The SMILES string of the molecule is COc1ccc(C(=O)c2ccc(F)cc2)cc1OCCOCCOc1no[n+]([O-])c1S(=O)(=O)c1ccccc1. The molecule has 0 aliphatic carbocycles. The Balaban J connectivity index is 1.28. The maximum absolute atomic E-state index is 13.2. The van der Waals surface area contributed by atoms with Gasteiger partial charge in [-0.2, -0.15) is 0 Å². The Morgan fingerprint density at radius 1 is 0.923 bits per heavy atom. The number of nitrogens with zero attached hydrogens (tertiary/aromatic N) is 2. The molecule has 0 unspecified atom stereocenters. The third-order valence-corrected chi connectivity index (χ3v) is 7.06. The molecule has 0 aliphatic heterocycles. The van der Waals surface area contributed by atoms with Crippen molar-refractivity contribution in [3.63, 3.8) is 0 Å². The number of hydrogen-bond acceptors (Lipinski definition) is 10. The maximum atomic E-state index is 13.2. The quantitative estimate of drug-likeness (QED) is 0.137. The second kappa shape index (κ2) is 12.4. The zero-order valence-electron chi connectivity index (χ0n) is 20.6. The molecule has 3 aromatic carbocycles. The highest BCUT2D eigenvalue weighted by molar-refractivity contribution is 7.91. The first kappa shape index (κ1) is 27.5. The lowest BCUT2D eigenvalue weighted by Gasteiger charge is -2.12. The first-order chi connectivity index (χ1) is 18.8. The average Bonchev–Trinajstić information content (AvgIpc) is 3.33. The highest BCUT2D eigenvalue weighted by Gasteiger charge is 2.35. The monoisotopic (exact) mass is 558 g/mol. The van der Waals surface area contributed by atoms with Gasteiger partial charge < -0.3 is 24.2 Å². The van der Waals surface area contributed by atoms with Crippen LogP contribution in [0.25, 0.3) is 0 Å². The Kier molecular flexibility index (Phi) is 8.74. The van der Waals surface area contributed by atoms with Crippen molar-refractivity contribution in [3.05, 3.63) is 94.9 Å². The van der Waals surface area contributed by atoms with E-state index in [0.717, 1.165) is 0 Å². The van der Waals surface area contributed by atoms with Crippen molar-refractivity contribution in [1.29, 1.82) is 0 Å². The molecule has 0 saturated heterocycles. The van der Waals surface area contributed by atoms with Crippen LogP contribution in [-0.2, 0) is 14.6 Å². The lowest BCUT2D eigenvalue weighted by Crippen LogP contribution is -2.31. The molecule has 1 heterocycles. The molecular formula is C26H23FN2O9S. The fourth-order valence-corrected chi connectivity index (χ4v) is 4.74. The third kappa shape index (κ3) is 6.51. The van der Waals surface area contributed by atoms with Crippen molar-refractivity contribution >= 4 is 15.6 Å². The van der Waals surface area contributed by atoms with E-state index in [-0.39, 0.29) is 42.0 Å². The van der Waals surface area contributed by atoms with Gasteiger partial charge in [0.15, 0.2) is 17.3 Å². The summed E-state index contributed by atoms with van der Waals surface area (Å²) < 4.78 is 64.8. The summed E-state index contributed by atoms with van der Waals surface area (Å²) in [7, 11) is -2.76. The molecule has 4 rings (SSSR count). The number of ketones is 1. The van der Waals surface area contributed by atoms with Crippen LogP contribution in [-0.4, -0.2) is 52.9 Å². The molecule has 0 saturated carbocycles. The van der Waals surface area contributed by atoms with E-state index < -0.39 is 26.6 Å². The summed E-state index contributed by atoms with van der Waals surface area (Å²) in [6.45, 7) is 0.0792. The van der Waals surface area contributed by atoms with Crippen LogP contribution in [0.1, 0.15) is 15.9 Å². The average molecular weight is 559 g/mol. The van der Waals surface area contributed by atoms with Gasteiger partial charge in [-0.3, -0.25) is 9.42 Å². The number of methoxy groups -OCH3 is 1. The standard InChI is InChI=1S/C26H23FN2O9S/c1-34-22-12-9-19(24(30)18-7-10-20(27)11-8-18)17-23(22)36-15-13-35-14-16-37-25-26(29(31)38-28-25)39(32,33)21-5-3-2-4-6-21/h2-12,17H,13-16H2,1H3. The fourth-order valence-electron chi connectivity index (χ4n) is 3.45. The molecule has 0 amide bonds. The van der Waals surface area contributed by atoms with Crippen LogP contribution in [0.15, 0.2) is 87.3 Å². The van der Waals surface area contributed by atoms with Crippen LogP contribution < -0.4 is 19.1 Å². The van der Waals surface area contributed by atoms with E-state index in [1.165, 1.54) is 61.7 Å². The Morgan fingerprint density at radius 3 is 2.28 bits per heavy atom. The predicted octanol–water partition coefficient (Wildman–Crippen LogP) is 2.99. The number of halogens is 1. The molecule has 13 heteroatoms. The number of ether oxygens (including phenoxy) is 4. The highest BCUT2D eigenvalue weighted by atomic mass is 32.2. The van der Waals surface area contributed by atoms with E-state index >= 15 is 0 Å². The number of sulfone groups is 1. The Hall–Kier alpha value is -4.49. The fraction of sp³-hybridized carbons (Fsp3) is 0.192. The van der Waals surface area contributed by atoms with Crippen LogP contribution in [0.3, 0.4) is 0 Å². The number of rotatable bonds is 13. The molecule has 0 fully saturated rings. The van der Waals surface area contributed by atoms with Crippen molar-refractivity contribution < 1.29 is 46.1 Å². The molecule has 1 aromatic heterocycles. The van der Waals surface area contributed by atoms with Gasteiger partial charge in [-0.1, -0.05) is 18.2 Å². The van der Waals surface area contributed by atoms with E-state index in [4.69, 9.17) is 18.9 Å². The van der Waals surface area contributed by atoms with Crippen LogP contribution in [0, 0.1) is 11.0 Å². The summed E-state index contributed by atoms with van der Waals surface area (Å²) in [5.41, 5.74) is 0.654. The normalized spacial score (nSPS) is 11.2. The Bertz CT molecular complexity index is 1530. The summed E-state index contributed by atoms with van der Waals surface area (Å²) in [6.07, 6.45) is 0. The van der Waals surface area contributed by atoms with Crippen molar-refractivity contribution in [1.82, 2.24) is 5.16 Å². The number of carbonyl (C=O) groups is 1. The van der Waals surface area contributed by atoms with Crippen LogP contribution >= 0.6 is 0 Å². The number of benzene rings is 3. The van der Waals surface area contributed by atoms with E-state index in [1.54, 1.807) is 18.2 Å². The smallest absolute Gasteiger partial charge is 0.415 e. The Morgan fingerprint density at radius 2 is 1.59 bits per heavy atom. The van der Waals surface area contributed by atoms with Gasteiger partial charge in [0, 0.05) is 11.1 Å². The molecule has 0 radical (unpaired) electrons. The van der Waals surface area contributed by atoms with Crippen LogP contribution in [0.5, 0.6) is 17.4 Å². The summed E-state index contributed by atoms with van der Waals surface area (Å²) in [5.74, 6) is -0.525. The van der Waals surface area contributed by atoms with Gasteiger partial charge in [0.1, 0.15) is 19.0 Å². The largest absolute Gasteiger partial charge is 0.493 e. The summed E-state index contributed by atoms with van der Waals surface area (Å²) in [5, 5.41) is 14.5. The second-order valence-corrected chi connectivity index (χ2v) is 9.73. The number of hydrogen-bond donors (Lipinski definition) is 0. The zero-order valence-corrected chi connectivity index (χ0v) is 21.4. The molecule has 0 bridgehead atoms. The zero-order chi connectivity index (χ0) is 27.8. The van der Waals surface area contributed by atoms with Gasteiger partial charge in [0.25, 0.3) is 9.84 Å². The molecule has 11 nitrogen and oxygen atoms in total. The van der Waals surface area contributed by atoms with Gasteiger partial charge >= 0.3 is 10.9 Å². The minimum absolute atomic E-state index is 0.0140. The summed E-state index contributed by atoms with van der Waals surface area (Å²) >= 11 is 0. The van der Waals surface area contributed by atoms with Gasteiger partial charge in [-0.25, -0.2) is 12.8 Å². The first-order valence-corrected chi connectivity index (χ1v) is 13.0. The molecular weight excluding hydrogens is 535 g/mol. The van der Waals surface area contributed by atoms with Crippen molar-refractivity contribution in [2.75, 3.05) is 33.5 Å². The third-order valence-electron chi connectivity index (χ3n) is 5.34. The predicted molar refractivity (Wildman–Crippen MR) is 132 cm³/mol. The van der Waals surface area contributed by atoms with E-state index in [0.29, 0.717) is 22.6 Å². The maximum Gasteiger partial charge on any atom is 0.415 e. The van der Waals surface area contributed by atoms with Crippen LogP contribution in [0.2, 0.25) is 0 Å². The van der Waals surface area contributed by atoms with Crippen molar-refractivity contribution in [3.8, 4) is 17.4 Å². The topological polar surface area (TPSA) is 141 Å². The first-order valence-electron chi connectivity index (χ1n) is 11.5. The molecule has 0 aliphatic rings. The van der Waals surface area contributed by atoms with Gasteiger partial charge in [0.2, 0.25) is 0 Å². The van der Waals surface area contributed by atoms with E-state index in [9.17, 15) is 22.8 Å². The highest BCUT2D eigenvalue weighted by Crippen LogP contribution is 2.29. The summed E-state index contributed by atoms with van der Waals surface area (Å²) in [4.78, 5) is 12.4. The minimum Gasteiger partial charge on any atom is -0.493 e. The molecule has 0 spiro atoms. The van der Waals surface area contributed by atoms with Crippen molar-refractivity contribution in [2.24, 2.45) is 0 Å². The van der Waals surface area contributed by atoms with Gasteiger partial charge in [-0.15, -0.1) is 0 Å². The molecule has 0 N–H and O–H groups in total. The van der Waals surface area contributed by atoms with E-state index in [2.05, 4.69) is 9.79 Å². The molecule has 4 aromatic rings. The lowest BCUT2D eigenvalue weighted by molar-refractivity contribution is -0.832. The van der Waals surface area contributed by atoms with Gasteiger partial charge in [-0.05, 0) is 59.5 Å². The Labute approximate surface area is 222 Å². The van der Waals surface area contributed by atoms with Crippen LogP contribution in [0.4, 0.5) is 4.39 Å². The van der Waals surface area contributed by atoms with E-state index in [1.807, 2.05) is 0 Å². The number of aromatic nitrogens is 2. The molecule has 39 heavy (non-hydrogen) atoms. The lowest BCUT2D eigenvalue weighted by atomic mass is 10.0. The summed E-state index contributed by atoms with van der Waals surface area (Å²) in [6, 6.07) is 17.2. The minimum atomic E-state index is -4.22. The van der Waals surface area contributed by atoms with Crippen molar-refractivity contribution in [2.45, 2.75) is 9.92 Å². The second-order valence-electron chi connectivity index (χ2n) is 7.87. The molecule has 0 atom stereocenters.